The minimum absolute atomic E-state index is 0.189. The molecule has 0 radical (unpaired) electrons. The van der Waals surface area contributed by atoms with Gasteiger partial charge in [0.1, 0.15) is 18.3 Å². The van der Waals surface area contributed by atoms with Crippen molar-refractivity contribution in [3.63, 3.8) is 0 Å². The average molecular weight is 502 g/mol. The third-order valence-corrected chi connectivity index (χ3v) is 6.41. The van der Waals surface area contributed by atoms with E-state index in [1.165, 1.54) is 11.8 Å². The van der Waals surface area contributed by atoms with Crippen LogP contribution in [-0.2, 0) is 11.5 Å². The van der Waals surface area contributed by atoms with Crippen molar-refractivity contribution in [2.75, 3.05) is 54.1 Å². The summed E-state index contributed by atoms with van der Waals surface area (Å²) in [5.74, 6) is 1.29. The Hall–Kier alpha value is -4.28. The normalized spacial score (nSPS) is 17.3. The first-order valence-corrected chi connectivity index (χ1v) is 12.2. The van der Waals surface area contributed by atoms with E-state index in [1.54, 1.807) is 35.0 Å². The van der Waals surface area contributed by atoms with E-state index < -0.39 is 6.29 Å². The molecule has 1 saturated heterocycles. The summed E-state index contributed by atoms with van der Waals surface area (Å²) in [6, 6.07) is 17.2. The standard InChI is InChI=1S/C27H31N7O3/c1-3-24(36)28-20-5-4-6-22(17-20)37-26-23-11-12-34(18-35)25(23)30-27(31-26)29-19-7-9-21(10-8-19)33-15-13-32(2)14-16-33/h3-12,17,27,29-30,35H,1,13-16,18H2,2H3,(H,28,36). The molecule has 0 aliphatic carbocycles. The summed E-state index contributed by atoms with van der Waals surface area (Å²) in [7, 11) is 2.15. The topological polar surface area (TPSA) is 106 Å². The summed E-state index contributed by atoms with van der Waals surface area (Å²) in [5, 5.41) is 19.3. The molecular formula is C27H31N7O3. The molecule has 1 aromatic heterocycles. The van der Waals surface area contributed by atoms with Crippen LogP contribution >= 0.6 is 0 Å². The maximum absolute atomic E-state index is 11.7. The van der Waals surface area contributed by atoms with Gasteiger partial charge in [0.25, 0.3) is 0 Å². The number of ether oxygens (including phenoxy) is 1. The highest BCUT2D eigenvalue weighted by Gasteiger charge is 2.25. The molecule has 10 nitrogen and oxygen atoms in total. The fourth-order valence-electron chi connectivity index (χ4n) is 4.36. The molecule has 37 heavy (non-hydrogen) atoms. The lowest BCUT2D eigenvalue weighted by molar-refractivity contribution is -0.111. The first kappa shape index (κ1) is 24.4. The summed E-state index contributed by atoms with van der Waals surface area (Å²) >= 11 is 0. The number of carbonyl (C=O) groups excluding carboxylic acids is 1. The number of anilines is 4. The minimum Gasteiger partial charge on any atom is -0.438 e. The zero-order valence-corrected chi connectivity index (χ0v) is 20.7. The van der Waals surface area contributed by atoms with Crippen LogP contribution in [-0.4, -0.2) is 65.9 Å². The van der Waals surface area contributed by atoms with Gasteiger partial charge in [0.2, 0.25) is 11.8 Å². The van der Waals surface area contributed by atoms with Crippen molar-refractivity contribution in [3.05, 3.63) is 79.0 Å². The smallest absolute Gasteiger partial charge is 0.247 e. The van der Waals surface area contributed by atoms with E-state index in [2.05, 4.69) is 51.5 Å². The van der Waals surface area contributed by atoms with Crippen LogP contribution in [0.15, 0.2) is 78.4 Å². The number of aliphatic imine (C=N–C) groups is 1. The van der Waals surface area contributed by atoms with Crippen molar-refractivity contribution in [1.29, 1.82) is 0 Å². The van der Waals surface area contributed by atoms with Crippen LogP contribution in [0.25, 0.3) is 0 Å². The van der Waals surface area contributed by atoms with Gasteiger partial charge in [-0.3, -0.25) is 4.79 Å². The summed E-state index contributed by atoms with van der Waals surface area (Å²) in [6.07, 6.45) is 2.45. The minimum atomic E-state index is -0.527. The first-order valence-electron chi connectivity index (χ1n) is 12.2. The first-order chi connectivity index (χ1) is 18.0. The molecule has 3 aromatic rings. The van der Waals surface area contributed by atoms with Crippen LogP contribution in [0, 0.1) is 0 Å². The lowest BCUT2D eigenvalue weighted by Gasteiger charge is -2.34. The van der Waals surface area contributed by atoms with Crippen LogP contribution in [0.3, 0.4) is 0 Å². The fourth-order valence-corrected chi connectivity index (χ4v) is 4.36. The van der Waals surface area contributed by atoms with E-state index in [0.29, 0.717) is 23.2 Å². The Kier molecular flexibility index (Phi) is 7.11. The van der Waals surface area contributed by atoms with Gasteiger partial charge in [-0.15, -0.1) is 0 Å². The van der Waals surface area contributed by atoms with Crippen LogP contribution in [0.2, 0.25) is 0 Å². The number of hydrogen-bond acceptors (Lipinski definition) is 8. The SMILES string of the molecule is C=CC(=O)Nc1cccc(OC2=NC(Nc3ccc(N4CCN(C)CC4)cc3)Nc3c2ccn3CO)c1. The number of aromatic nitrogens is 1. The predicted molar refractivity (Wildman–Crippen MR) is 146 cm³/mol. The number of aliphatic hydroxyl groups is 1. The van der Waals surface area contributed by atoms with E-state index >= 15 is 0 Å². The van der Waals surface area contributed by atoms with Gasteiger partial charge in [0, 0.05) is 55.5 Å². The second-order valence-electron chi connectivity index (χ2n) is 8.98. The van der Waals surface area contributed by atoms with Crippen molar-refractivity contribution >= 4 is 34.7 Å². The molecule has 1 fully saturated rings. The monoisotopic (exact) mass is 501 g/mol. The van der Waals surface area contributed by atoms with Gasteiger partial charge in [0.15, 0.2) is 6.29 Å². The molecule has 2 aliphatic rings. The highest BCUT2D eigenvalue weighted by Crippen LogP contribution is 2.28. The Bertz CT molecular complexity index is 1290. The lowest BCUT2D eigenvalue weighted by atomic mass is 10.2. The number of carbonyl (C=O) groups is 1. The molecule has 0 saturated carbocycles. The van der Waals surface area contributed by atoms with Gasteiger partial charge in [0.05, 0.1) is 5.56 Å². The summed E-state index contributed by atoms with van der Waals surface area (Å²) in [4.78, 5) is 21.2. The van der Waals surface area contributed by atoms with E-state index in [9.17, 15) is 9.90 Å². The molecule has 10 heteroatoms. The Morgan fingerprint density at radius 2 is 1.95 bits per heavy atom. The van der Waals surface area contributed by atoms with E-state index in [-0.39, 0.29) is 12.6 Å². The summed E-state index contributed by atoms with van der Waals surface area (Å²) in [5.41, 5.74) is 3.40. The molecule has 0 bridgehead atoms. The van der Waals surface area contributed by atoms with Crippen molar-refractivity contribution in [3.8, 4) is 5.75 Å². The largest absolute Gasteiger partial charge is 0.438 e. The number of hydrogen-bond donors (Lipinski definition) is 4. The Morgan fingerprint density at radius 3 is 2.68 bits per heavy atom. The number of nitrogens with zero attached hydrogens (tertiary/aromatic N) is 4. The van der Waals surface area contributed by atoms with Gasteiger partial charge in [-0.05, 0) is 55.6 Å². The second kappa shape index (κ2) is 10.8. The van der Waals surface area contributed by atoms with Gasteiger partial charge in [-0.25, -0.2) is 4.99 Å². The molecule has 3 heterocycles. The number of aliphatic hydroxyl groups excluding tert-OH is 1. The Balaban J connectivity index is 1.34. The number of rotatable bonds is 7. The van der Waals surface area contributed by atoms with Gasteiger partial charge >= 0.3 is 0 Å². The number of likely N-dealkylation sites (N-methyl/N-ethyl adjacent to an activating group) is 1. The number of nitrogens with one attached hydrogen (secondary N) is 3. The molecule has 2 aromatic carbocycles. The molecule has 2 aliphatic heterocycles. The van der Waals surface area contributed by atoms with Gasteiger partial charge in [-0.1, -0.05) is 12.6 Å². The zero-order valence-electron chi connectivity index (χ0n) is 20.7. The molecule has 0 spiro atoms. The van der Waals surface area contributed by atoms with Crippen LogP contribution < -0.4 is 25.6 Å². The van der Waals surface area contributed by atoms with Crippen molar-refractivity contribution in [2.24, 2.45) is 4.99 Å². The second-order valence-corrected chi connectivity index (χ2v) is 8.98. The number of benzene rings is 2. The molecule has 1 amide bonds. The maximum Gasteiger partial charge on any atom is 0.247 e. The van der Waals surface area contributed by atoms with Crippen LogP contribution in [0.5, 0.6) is 5.75 Å². The maximum atomic E-state index is 11.7. The summed E-state index contributed by atoms with van der Waals surface area (Å²) in [6.45, 7) is 7.42. The summed E-state index contributed by atoms with van der Waals surface area (Å²) < 4.78 is 7.84. The lowest BCUT2D eigenvalue weighted by Crippen LogP contribution is -2.44. The number of fused-ring (bicyclic) bond motifs is 1. The third kappa shape index (κ3) is 5.60. The Morgan fingerprint density at radius 1 is 1.16 bits per heavy atom. The molecule has 5 rings (SSSR count). The average Bonchev–Trinajstić information content (AvgIpc) is 3.33. The highest BCUT2D eigenvalue weighted by molar-refractivity contribution is 6.02. The number of amides is 1. The quantitative estimate of drug-likeness (QED) is 0.369. The number of piperazine rings is 1. The van der Waals surface area contributed by atoms with Crippen molar-refractivity contribution in [2.45, 2.75) is 13.0 Å². The Labute approximate surface area is 215 Å². The molecule has 1 atom stereocenters. The highest BCUT2D eigenvalue weighted by atomic mass is 16.5. The van der Waals surface area contributed by atoms with Crippen LogP contribution in [0.4, 0.5) is 22.9 Å². The molecule has 192 valence electrons. The fraction of sp³-hybridized carbons (Fsp3) is 0.259. The van der Waals surface area contributed by atoms with Crippen molar-refractivity contribution < 1.29 is 14.6 Å². The van der Waals surface area contributed by atoms with Crippen LogP contribution in [0.1, 0.15) is 5.56 Å². The zero-order chi connectivity index (χ0) is 25.8. The van der Waals surface area contributed by atoms with Gasteiger partial charge in [-0.2, -0.15) is 0 Å². The van der Waals surface area contributed by atoms with E-state index in [4.69, 9.17) is 9.73 Å². The van der Waals surface area contributed by atoms with Gasteiger partial charge < -0.3 is 40.2 Å². The molecular weight excluding hydrogens is 470 g/mol. The predicted octanol–water partition coefficient (Wildman–Crippen LogP) is 2.96. The van der Waals surface area contributed by atoms with E-state index in [1.807, 2.05) is 18.2 Å². The van der Waals surface area contributed by atoms with Crippen molar-refractivity contribution in [1.82, 2.24) is 9.47 Å². The third-order valence-electron chi connectivity index (χ3n) is 6.41. The van der Waals surface area contributed by atoms with E-state index in [0.717, 1.165) is 37.4 Å². The molecule has 1 unspecified atom stereocenters. The molecule has 4 N–H and O–H groups in total.